The van der Waals surface area contributed by atoms with E-state index in [2.05, 4.69) is 27.7 Å². The molecule has 4 rings (SSSR count). The van der Waals surface area contributed by atoms with E-state index in [1.807, 2.05) is 0 Å². The molecule has 0 bridgehead atoms. The van der Waals surface area contributed by atoms with Crippen LogP contribution in [0.2, 0.25) is 0 Å². The van der Waals surface area contributed by atoms with Crippen LogP contribution in [0.15, 0.2) is 0 Å². The first-order chi connectivity index (χ1) is 7.87. The first-order valence-electron chi connectivity index (χ1n) is 7.22. The molecule has 0 spiro atoms. The minimum Gasteiger partial charge on any atom is -0.366 e. The molecule has 2 heterocycles. The van der Waals surface area contributed by atoms with Gasteiger partial charge in [0.15, 0.2) is 0 Å². The summed E-state index contributed by atoms with van der Waals surface area (Å²) in [7, 11) is 0. The lowest BCUT2D eigenvalue weighted by atomic mass is 9.60. The smallest absolute Gasteiger partial charge is 0.0952 e. The normalized spacial score (nSPS) is 62.8. The molecule has 2 heteroatoms. The quantitative estimate of drug-likeness (QED) is 0.604. The van der Waals surface area contributed by atoms with E-state index in [-0.39, 0.29) is 11.2 Å². The van der Waals surface area contributed by atoms with Crippen LogP contribution in [0.3, 0.4) is 0 Å². The van der Waals surface area contributed by atoms with Crippen molar-refractivity contribution in [2.45, 2.75) is 76.8 Å². The zero-order valence-corrected chi connectivity index (χ0v) is 11.5. The molecule has 0 amide bonds. The number of fused-ring (bicyclic) bond motifs is 5. The van der Waals surface area contributed by atoms with Gasteiger partial charge in [0, 0.05) is 0 Å². The van der Waals surface area contributed by atoms with Crippen molar-refractivity contribution < 1.29 is 9.47 Å². The van der Waals surface area contributed by atoms with E-state index in [0.717, 1.165) is 5.92 Å². The third-order valence-corrected chi connectivity index (χ3v) is 6.32. The Balaban J connectivity index is 1.74. The zero-order valence-electron chi connectivity index (χ0n) is 11.5. The molecule has 17 heavy (non-hydrogen) atoms. The predicted octanol–water partition coefficient (Wildman–Crippen LogP) is 3.15. The maximum atomic E-state index is 6.08. The van der Waals surface area contributed by atoms with Crippen molar-refractivity contribution in [1.29, 1.82) is 0 Å². The van der Waals surface area contributed by atoms with Crippen molar-refractivity contribution in [3.8, 4) is 0 Å². The van der Waals surface area contributed by atoms with Gasteiger partial charge >= 0.3 is 0 Å². The average Bonchev–Trinajstić information content (AvgIpc) is 3.08. The lowest BCUT2D eigenvalue weighted by Gasteiger charge is -2.42. The molecule has 0 aromatic heterocycles. The van der Waals surface area contributed by atoms with Gasteiger partial charge < -0.3 is 9.47 Å². The van der Waals surface area contributed by atoms with Crippen molar-refractivity contribution in [2.24, 2.45) is 17.3 Å². The van der Waals surface area contributed by atoms with Crippen LogP contribution in [0.5, 0.6) is 0 Å². The number of rotatable bonds is 0. The largest absolute Gasteiger partial charge is 0.366 e. The van der Waals surface area contributed by atoms with Gasteiger partial charge in [0.2, 0.25) is 0 Å². The van der Waals surface area contributed by atoms with Crippen molar-refractivity contribution in [3.63, 3.8) is 0 Å². The van der Waals surface area contributed by atoms with E-state index >= 15 is 0 Å². The molecule has 4 fully saturated rings. The standard InChI is InChI=1S/C15H24O2/c1-13(2)7-6-10-15(4,16-10)9-5-8-14(3)12(17-14)11(9)13/h9-12H,5-8H2,1-4H3/t9-,10+,11-,12-,14+,15-/m0/s1. The van der Waals surface area contributed by atoms with Gasteiger partial charge in [-0.05, 0) is 56.8 Å². The molecular weight excluding hydrogens is 212 g/mol. The molecule has 0 aromatic carbocycles. The second kappa shape index (κ2) is 2.75. The Bertz CT molecular complexity index is 377. The topological polar surface area (TPSA) is 25.1 Å². The molecule has 6 atom stereocenters. The number of ether oxygens (including phenoxy) is 2. The van der Waals surface area contributed by atoms with Crippen LogP contribution in [-0.4, -0.2) is 23.4 Å². The Labute approximate surface area is 104 Å². The summed E-state index contributed by atoms with van der Waals surface area (Å²) < 4.78 is 12.1. The second-order valence-electron chi connectivity index (χ2n) is 7.84. The monoisotopic (exact) mass is 236 g/mol. The van der Waals surface area contributed by atoms with Gasteiger partial charge in [-0.2, -0.15) is 0 Å². The summed E-state index contributed by atoms with van der Waals surface area (Å²) in [5, 5.41) is 0. The van der Waals surface area contributed by atoms with Gasteiger partial charge in [-0.1, -0.05) is 13.8 Å². The van der Waals surface area contributed by atoms with E-state index < -0.39 is 0 Å². The summed E-state index contributed by atoms with van der Waals surface area (Å²) in [5.41, 5.74) is 0.822. The van der Waals surface area contributed by atoms with Gasteiger partial charge in [0.1, 0.15) is 0 Å². The minimum atomic E-state index is 0.186. The Morgan fingerprint density at radius 2 is 1.71 bits per heavy atom. The molecule has 2 saturated heterocycles. The third-order valence-electron chi connectivity index (χ3n) is 6.32. The second-order valence-corrected chi connectivity index (χ2v) is 7.84. The highest BCUT2D eigenvalue weighted by Gasteiger charge is 2.71. The molecule has 0 aromatic rings. The van der Waals surface area contributed by atoms with Crippen LogP contribution in [0, 0.1) is 17.3 Å². The Hall–Kier alpha value is -0.0800. The summed E-state index contributed by atoms with van der Waals surface area (Å²) in [6.45, 7) is 9.56. The van der Waals surface area contributed by atoms with Crippen LogP contribution < -0.4 is 0 Å². The number of hydrogen-bond acceptors (Lipinski definition) is 2. The van der Waals surface area contributed by atoms with E-state index in [1.54, 1.807) is 0 Å². The van der Waals surface area contributed by atoms with Crippen LogP contribution in [-0.2, 0) is 9.47 Å². The molecular formula is C15H24O2. The van der Waals surface area contributed by atoms with Crippen LogP contribution in [0.4, 0.5) is 0 Å². The molecule has 0 unspecified atom stereocenters. The van der Waals surface area contributed by atoms with Gasteiger partial charge in [-0.15, -0.1) is 0 Å². The number of hydrogen-bond donors (Lipinski definition) is 0. The van der Waals surface area contributed by atoms with E-state index in [9.17, 15) is 0 Å². The van der Waals surface area contributed by atoms with Crippen molar-refractivity contribution in [1.82, 2.24) is 0 Å². The first-order valence-corrected chi connectivity index (χ1v) is 7.22. The molecule has 4 aliphatic rings. The first kappa shape index (κ1) is 10.8. The summed E-state index contributed by atoms with van der Waals surface area (Å²) in [4.78, 5) is 0. The Morgan fingerprint density at radius 1 is 0.941 bits per heavy atom. The molecule has 2 aliphatic carbocycles. The van der Waals surface area contributed by atoms with E-state index in [1.165, 1.54) is 25.7 Å². The maximum Gasteiger partial charge on any atom is 0.0952 e. The fraction of sp³-hybridized carbons (Fsp3) is 1.00. The van der Waals surface area contributed by atoms with Gasteiger partial charge in [0.05, 0.1) is 23.4 Å². The fourth-order valence-corrected chi connectivity index (χ4v) is 4.95. The summed E-state index contributed by atoms with van der Waals surface area (Å²) >= 11 is 0. The van der Waals surface area contributed by atoms with Gasteiger partial charge in [-0.3, -0.25) is 0 Å². The lowest BCUT2D eigenvalue weighted by molar-refractivity contribution is 0.0355. The van der Waals surface area contributed by atoms with Gasteiger partial charge in [0.25, 0.3) is 0 Å². The third kappa shape index (κ3) is 1.24. The predicted molar refractivity (Wildman–Crippen MR) is 65.8 cm³/mol. The fourth-order valence-electron chi connectivity index (χ4n) is 4.95. The Morgan fingerprint density at radius 3 is 2.47 bits per heavy atom. The van der Waals surface area contributed by atoms with Crippen molar-refractivity contribution in [2.75, 3.05) is 0 Å². The Kier molecular flexibility index (Phi) is 1.75. The SMILES string of the molecule is CC1(C)CC[C@H]2O[C@@]2(C)[C@H]2CC[C@@]3(C)O[C@H]3[C@H]21. The summed E-state index contributed by atoms with van der Waals surface area (Å²) in [5.74, 6) is 1.43. The molecule has 0 N–H and O–H groups in total. The highest BCUT2D eigenvalue weighted by molar-refractivity contribution is 5.19. The molecule has 2 nitrogen and oxygen atoms in total. The molecule has 2 aliphatic heterocycles. The molecule has 2 saturated carbocycles. The van der Waals surface area contributed by atoms with Crippen LogP contribution >= 0.6 is 0 Å². The van der Waals surface area contributed by atoms with E-state index in [0.29, 0.717) is 23.5 Å². The molecule has 0 radical (unpaired) electrons. The van der Waals surface area contributed by atoms with Crippen LogP contribution in [0.25, 0.3) is 0 Å². The molecule has 96 valence electrons. The van der Waals surface area contributed by atoms with Crippen molar-refractivity contribution >= 4 is 0 Å². The summed E-state index contributed by atoms with van der Waals surface area (Å²) in [6.07, 6.45) is 6.13. The summed E-state index contributed by atoms with van der Waals surface area (Å²) in [6, 6.07) is 0. The van der Waals surface area contributed by atoms with E-state index in [4.69, 9.17) is 9.47 Å². The average molecular weight is 236 g/mol. The number of epoxide rings is 2. The highest BCUT2D eigenvalue weighted by atomic mass is 16.6. The van der Waals surface area contributed by atoms with Crippen LogP contribution in [0.1, 0.15) is 53.4 Å². The van der Waals surface area contributed by atoms with Crippen molar-refractivity contribution in [3.05, 3.63) is 0 Å². The zero-order chi connectivity index (χ0) is 12.1. The lowest BCUT2D eigenvalue weighted by Crippen LogP contribution is -2.45. The van der Waals surface area contributed by atoms with Gasteiger partial charge in [-0.25, -0.2) is 0 Å². The maximum absolute atomic E-state index is 6.08. The minimum absolute atomic E-state index is 0.186. The highest BCUT2D eigenvalue weighted by Crippen LogP contribution is 2.66.